The van der Waals surface area contributed by atoms with Gasteiger partial charge in [0.25, 0.3) is 0 Å². The van der Waals surface area contributed by atoms with Crippen molar-refractivity contribution in [3.05, 3.63) is 34.9 Å². The second kappa shape index (κ2) is 4.96. The van der Waals surface area contributed by atoms with Gasteiger partial charge in [-0.2, -0.15) is 5.26 Å². The van der Waals surface area contributed by atoms with Crippen LogP contribution in [0.2, 0.25) is 0 Å². The Labute approximate surface area is 124 Å². The molecule has 1 aromatic carbocycles. The van der Waals surface area contributed by atoms with Crippen LogP contribution in [0.3, 0.4) is 0 Å². The first kappa shape index (κ1) is 14.3. The highest BCUT2D eigenvalue weighted by Crippen LogP contribution is 2.42. The van der Waals surface area contributed by atoms with Crippen LogP contribution in [0.5, 0.6) is 0 Å². The van der Waals surface area contributed by atoms with Gasteiger partial charge < -0.3 is 0 Å². The van der Waals surface area contributed by atoms with E-state index in [2.05, 4.69) is 6.07 Å². The zero-order valence-corrected chi connectivity index (χ0v) is 12.7. The van der Waals surface area contributed by atoms with Crippen molar-refractivity contribution in [2.45, 2.75) is 43.1 Å². The molecule has 21 heavy (non-hydrogen) atoms. The lowest BCUT2D eigenvalue weighted by molar-refractivity contribution is 0.0904. The quantitative estimate of drug-likeness (QED) is 0.786. The Morgan fingerprint density at radius 2 is 1.86 bits per heavy atom. The van der Waals surface area contributed by atoms with Crippen LogP contribution in [-0.4, -0.2) is 24.7 Å². The molecule has 0 aliphatic carbocycles. The van der Waals surface area contributed by atoms with E-state index >= 15 is 0 Å². The highest BCUT2D eigenvalue weighted by molar-refractivity contribution is 7.93. The molecule has 0 spiro atoms. The van der Waals surface area contributed by atoms with Crippen molar-refractivity contribution in [2.75, 3.05) is 0 Å². The molecule has 2 atom stereocenters. The van der Waals surface area contributed by atoms with Gasteiger partial charge in [-0.1, -0.05) is 12.1 Å². The first-order valence-corrected chi connectivity index (χ1v) is 8.82. The summed E-state index contributed by atoms with van der Waals surface area (Å²) < 4.78 is 24.2. The Morgan fingerprint density at radius 3 is 2.43 bits per heavy atom. The molecule has 110 valence electrons. The van der Waals surface area contributed by atoms with Crippen molar-refractivity contribution in [1.29, 1.82) is 5.26 Å². The summed E-state index contributed by atoms with van der Waals surface area (Å²) in [6, 6.07) is 7.24. The van der Waals surface area contributed by atoms with Gasteiger partial charge in [-0.05, 0) is 44.2 Å². The van der Waals surface area contributed by atoms with Crippen LogP contribution in [0, 0.1) is 24.2 Å². The van der Waals surface area contributed by atoms with E-state index in [1.807, 2.05) is 0 Å². The summed E-state index contributed by atoms with van der Waals surface area (Å²) in [5.74, 6) is -0.227. The number of nitriles is 1. The average molecular weight is 303 g/mol. The Kier molecular flexibility index (Phi) is 3.37. The third-order valence-corrected chi connectivity index (χ3v) is 7.64. The Hall–Kier alpha value is -1.67. The molecule has 0 amide bonds. The van der Waals surface area contributed by atoms with Crippen LogP contribution in [-0.2, 0) is 9.84 Å². The Bertz CT molecular complexity index is 725. The maximum atomic E-state index is 12.7. The molecule has 2 heterocycles. The third-order valence-electron chi connectivity index (χ3n) is 4.93. The van der Waals surface area contributed by atoms with Gasteiger partial charge in [0.1, 0.15) is 0 Å². The molecule has 2 bridgehead atoms. The Morgan fingerprint density at radius 1 is 1.24 bits per heavy atom. The number of carbonyl (C=O) groups is 1. The number of hydrogen-bond acceptors (Lipinski definition) is 4. The minimum atomic E-state index is -3.01. The van der Waals surface area contributed by atoms with Gasteiger partial charge in [0.15, 0.2) is 15.6 Å². The van der Waals surface area contributed by atoms with Gasteiger partial charge >= 0.3 is 0 Å². The molecule has 4 nitrogen and oxygen atoms in total. The molecule has 5 heteroatoms. The fourth-order valence-electron chi connectivity index (χ4n) is 3.67. The van der Waals surface area contributed by atoms with Crippen molar-refractivity contribution in [3.63, 3.8) is 0 Å². The summed E-state index contributed by atoms with van der Waals surface area (Å²) in [7, 11) is -3.01. The largest absolute Gasteiger partial charge is 0.294 e. The van der Waals surface area contributed by atoms with Gasteiger partial charge in [-0.25, -0.2) is 8.42 Å². The lowest BCUT2D eigenvalue weighted by atomic mass is 9.87. The van der Waals surface area contributed by atoms with Crippen molar-refractivity contribution < 1.29 is 13.2 Å². The van der Waals surface area contributed by atoms with Crippen molar-refractivity contribution in [3.8, 4) is 6.07 Å². The number of ketones is 1. The maximum Gasteiger partial charge on any atom is 0.166 e. The Balaban J connectivity index is 1.90. The second-order valence-electron chi connectivity index (χ2n) is 6.03. The minimum absolute atomic E-state index is 0.00333. The molecule has 0 radical (unpaired) electrons. The van der Waals surface area contributed by atoms with E-state index in [9.17, 15) is 13.2 Å². The number of nitrogens with zero attached hydrogens (tertiary/aromatic N) is 1. The molecular weight excluding hydrogens is 286 g/mol. The molecule has 2 aliphatic heterocycles. The molecule has 2 saturated heterocycles. The summed E-state index contributed by atoms with van der Waals surface area (Å²) in [4.78, 5) is 12.7. The molecule has 2 fully saturated rings. The first-order chi connectivity index (χ1) is 9.95. The predicted octanol–water partition coefficient (Wildman–Crippen LogP) is 2.41. The zero-order chi connectivity index (χ0) is 15.2. The fraction of sp³-hybridized carbons (Fsp3) is 0.500. The normalized spacial score (nSPS) is 29.8. The van der Waals surface area contributed by atoms with Gasteiger partial charge in [0.2, 0.25) is 0 Å². The van der Waals surface area contributed by atoms with Crippen LogP contribution < -0.4 is 0 Å². The third kappa shape index (κ3) is 2.18. The predicted molar refractivity (Wildman–Crippen MR) is 78.7 cm³/mol. The van der Waals surface area contributed by atoms with Gasteiger partial charge in [-0.3, -0.25) is 4.79 Å². The molecular formula is C16H17NO3S. The van der Waals surface area contributed by atoms with Gasteiger partial charge in [0.05, 0.1) is 22.1 Å². The number of carbonyl (C=O) groups excluding carboxylic acids is 1. The topological polar surface area (TPSA) is 75.0 Å². The van der Waals surface area contributed by atoms with Crippen LogP contribution >= 0.6 is 0 Å². The number of sulfone groups is 1. The number of hydrogen-bond donors (Lipinski definition) is 0. The minimum Gasteiger partial charge on any atom is -0.294 e. The van der Waals surface area contributed by atoms with Crippen LogP contribution in [0.4, 0.5) is 0 Å². The van der Waals surface area contributed by atoms with E-state index in [-0.39, 0.29) is 22.2 Å². The van der Waals surface area contributed by atoms with Gasteiger partial charge in [-0.15, -0.1) is 0 Å². The van der Waals surface area contributed by atoms with E-state index in [0.29, 0.717) is 42.4 Å². The monoisotopic (exact) mass is 303 g/mol. The van der Waals surface area contributed by atoms with Crippen molar-refractivity contribution >= 4 is 15.6 Å². The summed E-state index contributed by atoms with van der Waals surface area (Å²) in [5.41, 5.74) is 1.77. The van der Waals surface area contributed by atoms with Crippen molar-refractivity contribution in [2.24, 2.45) is 5.92 Å². The molecule has 0 N–H and O–H groups in total. The zero-order valence-electron chi connectivity index (χ0n) is 11.9. The molecule has 3 rings (SSSR count). The number of rotatable bonds is 2. The number of fused-ring (bicyclic) bond motifs is 2. The lowest BCUT2D eigenvalue weighted by Gasteiger charge is -2.27. The summed E-state index contributed by atoms with van der Waals surface area (Å²) in [6.45, 7) is 1.78. The highest BCUT2D eigenvalue weighted by atomic mass is 32.2. The molecule has 0 aromatic heterocycles. The standard InChI is InChI=1S/C16H17NO3S/c1-10-11(9-17)3-2-4-15(10)16(18)12-7-13-5-6-14(8-12)21(13,19)20/h2-4,12-14H,5-8H2,1H3. The fourth-order valence-corrected chi connectivity index (χ4v) is 6.14. The lowest BCUT2D eigenvalue weighted by Crippen LogP contribution is -2.36. The van der Waals surface area contributed by atoms with E-state index in [1.165, 1.54) is 0 Å². The van der Waals surface area contributed by atoms with Crippen LogP contribution in [0.25, 0.3) is 0 Å². The van der Waals surface area contributed by atoms with Crippen molar-refractivity contribution in [1.82, 2.24) is 0 Å². The summed E-state index contributed by atoms with van der Waals surface area (Å²) in [6.07, 6.45) is 2.25. The number of Topliss-reactive ketones (excluding diaryl/α,β-unsaturated/α-hetero) is 1. The molecule has 2 aliphatic rings. The van der Waals surface area contributed by atoms with E-state index in [4.69, 9.17) is 5.26 Å². The van der Waals surface area contributed by atoms with E-state index < -0.39 is 9.84 Å². The number of benzene rings is 1. The van der Waals surface area contributed by atoms with Crippen LogP contribution in [0.1, 0.15) is 47.2 Å². The van der Waals surface area contributed by atoms with Crippen LogP contribution in [0.15, 0.2) is 18.2 Å². The molecule has 0 saturated carbocycles. The van der Waals surface area contributed by atoms with E-state index in [0.717, 1.165) is 0 Å². The van der Waals surface area contributed by atoms with E-state index in [1.54, 1.807) is 25.1 Å². The molecule has 2 unspecified atom stereocenters. The smallest absolute Gasteiger partial charge is 0.166 e. The highest BCUT2D eigenvalue weighted by Gasteiger charge is 2.48. The average Bonchev–Trinajstić information content (AvgIpc) is 2.67. The SMILES string of the molecule is Cc1c(C#N)cccc1C(=O)C1CC2CCC(C1)S2(=O)=O. The summed E-state index contributed by atoms with van der Waals surface area (Å²) >= 11 is 0. The van der Waals surface area contributed by atoms with Gasteiger partial charge in [0, 0.05) is 11.5 Å². The second-order valence-corrected chi connectivity index (χ2v) is 8.54. The summed E-state index contributed by atoms with van der Waals surface area (Å²) in [5, 5.41) is 8.37. The molecule has 1 aromatic rings. The maximum absolute atomic E-state index is 12.7. The first-order valence-electron chi connectivity index (χ1n) is 7.21.